The van der Waals surface area contributed by atoms with Crippen molar-refractivity contribution in [3.8, 4) is 0 Å². The van der Waals surface area contributed by atoms with Crippen molar-refractivity contribution in [3.63, 3.8) is 0 Å². The van der Waals surface area contributed by atoms with Crippen molar-refractivity contribution in [1.29, 1.82) is 0 Å². The number of benzene rings is 1. The van der Waals surface area contributed by atoms with E-state index in [2.05, 4.69) is 62.7 Å². The fourth-order valence-corrected chi connectivity index (χ4v) is 3.40. The summed E-state index contributed by atoms with van der Waals surface area (Å²) in [5, 5.41) is 5.90. The molecule has 0 aliphatic carbocycles. The van der Waals surface area contributed by atoms with Crippen LogP contribution < -0.4 is 5.32 Å². The van der Waals surface area contributed by atoms with Crippen molar-refractivity contribution in [2.24, 2.45) is 0 Å². The highest BCUT2D eigenvalue weighted by molar-refractivity contribution is 7.10. The molecule has 0 spiro atoms. The van der Waals surface area contributed by atoms with Gasteiger partial charge in [0.2, 0.25) is 0 Å². The van der Waals surface area contributed by atoms with Gasteiger partial charge in [0, 0.05) is 17.5 Å². The summed E-state index contributed by atoms with van der Waals surface area (Å²) in [5.41, 5.74) is 5.58. The van der Waals surface area contributed by atoms with Crippen LogP contribution in [0.15, 0.2) is 29.6 Å². The number of hydrogen-bond acceptors (Lipinski definition) is 2. The summed E-state index contributed by atoms with van der Waals surface area (Å²) in [6.07, 6.45) is 2.41. The maximum Gasteiger partial charge on any atom is 0.0417 e. The van der Waals surface area contributed by atoms with Crippen LogP contribution >= 0.6 is 11.3 Å². The third-order valence-electron chi connectivity index (χ3n) is 3.96. The third kappa shape index (κ3) is 3.71. The molecule has 0 bridgehead atoms. The SMILES string of the molecule is CCCC(NCc1cc(C)c(C)cc1C)c1cccs1. The van der Waals surface area contributed by atoms with Gasteiger partial charge >= 0.3 is 0 Å². The molecule has 1 aromatic heterocycles. The van der Waals surface area contributed by atoms with Crippen LogP contribution in [0.5, 0.6) is 0 Å². The van der Waals surface area contributed by atoms with Gasteiger partial charge in [0.05, 0.1) is 0 Å². The molecule has 1 unspecified atom stereocenters. The quantitative estimate of drug-likeness (QED) is 0.759. The predicted molar refractivity (Wildman–Crippen MR) is 89.5 cm³/mol. The van der Waals surface area contributed by atoms with Gasteiger partial charge in [-0.1, -0.05) is 31.5 Å². The fourth-order valence-electron chi connectivity index (χ4n) is 2.57. The second kappa shape index (κ2) is 7.05. The Hall–Kier alpha value is -1.12. The van der Waals surface area contributed by atoms with Crippen LogP contribution in [-0.2, 0) is 6.54 Å². The summed E-state index contributed by atoms with van der Waals surface area (Å²) >= 11 is 1.85. The number of hydrogen-bond donors (Lipinski definition) is 1. The number of aryl methyl sites for hydroxylation is 3. The van der Waals surface area contributed by atoms with E-state index < -0.39 is 0 Å². The van der Waals surface area contributed by atoms with Gasteiger partial charge in [-0.3, -0.25) is 0 Å². The largest absolute Gasteiger partial charge is 0.305 e. The first-order valence-corrected chi connectivity index (χ1v) is 8.33. The van der Waals surface area contributed by atoms with Crippen molar-refractivity contribution < 1.29 is 0 Å². The van der Waals surface area contributed by atoms with Crippen LogP contribution in [0.4, 0.5) is 0 Å². The topological polar surface area (TPSA) is 12.0 Å². The Kier molecular flexibility index (Phi) is 5.38. The standard InChI is InChI=1S/C18H25NS/c1-5-7-17(18-8-6-9-20-18)19-12-16-11-14(3)13(2)10-15(16)4/h6,8-11,17,19H,5,7,12H2,1-4H3. The molecule has 0 aliphatic heterocycles. The molecule has 2 rings (SSSR count). The highest BCUT2D eigenvalue weighted by atomic mass is 32.1. The first-order valence-electron chi connectivity index (χ1n) is 7.45. The first-order chi connectivity index (χ1) is 9.61. The molecule has 1 N–H and O–H groups in total. The average Bonchev–Trinajstić information content (AvgIpc) is 2.93. The molecule has 2 aromatic rings. The van der Waals surface area contributed by atoms with Gasteiger partial charge in [0.25, 0.3) is 0 Å². The van der Waals surface area contributed by atoms with Crippen LogP contribution in [0, 0.1) is 20.8 Å². The zero-order valence-electron chi connectivity index (χ0n) is 13.0. The molecule has 1 aromatic carbocycles. The van der Waals surface area contributed by atoms with E-state index >= 15 is 0 Å². The van der Waals surface area contributed by atoms with E-state index in [0.29, 0.717) is 6.04 Å². The fraction of sp³-hybridized carbons (Fsp3) is 0.444. The van der Waals surface area contributed by atoms with Gasteiger partial charge < -0.3 is 5.32 Å². The van der Waals surface area contributed by atoms with Crippen LogP contribution in [0.25, 0.3) is 0 Å². The second-order valence-electron chi connectivity index (χ2n) is 5.60. The minimum absolute atomic E-state index is 0.487. The molecule has 0 saturated carbocycles. The molecule has 0 radical (unpaired) electrons. The monoisotopic (exact) mass is 287 g/mol. The van der Waals surface area contributed by atoms with Gasteiger partial charge in [-0.25, -0.2) is 0 Å². The van der Waals surface area contributed by atoms with Crippen LogP contribution in [0.1, 0.15) is 52.9 Å². The van der Waals surface area contributed by atoms with E-state index in [1.807, 2.05) is 11.3 Å². The first kappa shape index (κ1) is 15.3. The third-order valence-corrected chi connectivity index (χ3v) is 4.94. The molecule has 108 valence electrons. The smallest absolute Gasteiger partial charge is 0.0417 e. The van der Waals surface area contributed by atoms with Crippen LogP contribution in [-0.4, -0.2) is 0 Å². The second-order valence-corrected chi connectivity index (χ2v) is 6.58. The summed E-state index contributed by atoms with van der Waals surface area (Å²) in [6.45, 7) is 9.80. The zero-order valence-corrected chi connectivity index (χ0v) is 13.8. The molecule has 1 nitrogen and oxygen atoms in total. The van der Waals surface area contributed by atoms with Crippen molar-refractivity contribution >= 4 is 11.3 Å². The molecule has 2 heteroatoms. The lowest BCUT2D eigenvalue weighted by atomic mass is 10.0. The van der Waals surface area contributed by atoms with E-state index in [-0.39, 0.29) is 0 Å². The van der Waals surface area contributed by atoms with Gasteiger partial charge in [-0.05, 0) is 60.9 Å². The van der Waals surface area contributed by atoms with Crippen LogP contribution in [0.2, 0.25) is 0 Å². The molecule has 1 heterocycles. The Bertz CT molecular complexity index is 543. The summed E-state index contributed by atoms with van der Waals surface area (Å²) in [4.78, 5) is 1.45. The Labute approximate surface area is 127 Å². The van der Waals surface area contributed by atoms with Crippen molar-refractivity contribution in [2.45, 2.75) is 53.1 Å². The number of nitrogens with one attached hydrogen (secondary N) is 1. The summed E-state index contributed by atoms with van der Waals surface area (Å²) in [6, 6.07) is 9.50. The van der Waals surface area contributed by atoms with Gasteiger partial charge in [-0.2, -0.15) is 0 Å². The maximum absolute atomic E-state index is 3.74. The maximum atomic E-state index is 3.74. The molecule has 0 saturated heterocycles. The lowest BCUT2D eigenvalue weighted by Crippen LogP contribution is -2.20. The molecular weight excluding hydrogens is 262 g/mol. The van der Waals surface area contributed by atoms with Gasteiger partial charge in [0.15, 0.2) is 0 Å². The van der Waals surface area contributed by atoms with Gasteiger partial charge in [-0.15, -0.1) is 11.3 Å². The molecule has 1 atom stereocenters. The van der Waals surface area contributed by atoms with Crippen LogP contribution in [0.3, 0.4) is 0 Å². The Morgan fingerprint density at radius 2 is 1.85 bits per heavy atom. The molecule has 0 amide bonds. The van der Waals surface area contributed by atoms with Crippen molar-refractivity contribution in [1.82, 2.24) is 5.32 Å². The highest BCUT2D eigenvalue weighted by Gasteiger charge is 2.11. The zero-order chi connectivity index (χ0) is 14.5. The molecule has 20 heavy (non-hydrogen) atoms. The van der Waals surface area contributed by atoms with E-state index in [1.165, 1.54) is 40.0 Å². The Balaban J connectivity index is 2.08. The van der Waals surface area contributed by atoms with E-state index in [9.17, 15) is 0 Å². The minimum Gasteiger partial charge on any atom is -0.305 e. The average molecular weight is 287 g/mol. The number of thiophene rings is 1. The van der Waals surface area contributed by atoms with E-state index in [4.69, 9.17) is 0 Å². The Morgan fingerprint density at radius 1 is 1.10 bits per heavy atom. The van der Waals surface area contributed by atoms with E-state index in [1.54, 1.807) is 0 Å². The highest BCUT2D eigenvalue weighted by Crippen LogP contribution is 2.24. The normalized spacial score (nSPS) is 12.6. The predicted octanol–water partition coefficient (Wildman–Crippen LogP) is 5.30. The molecular formula is C18H25NS. The van der Waals surface area contributed by atoms with Gasteiger partial charge in [0.1, 0.15) is 0 Å². The molecule has 0 aliphatic rings. The summed E-state index contributed by atoms with van der Waals surface area (Å²) < 4.78 is 0. The molecule has 0 fully saturated rings. The Morgan fingerprint density at radius 3 is 2.50 bits per heavy atom. The van der Waals surface area contributed by atoms with Crippen molar-refractivity contribution in [3.05, 3.63) is 56.8 Å². The summed E-state index contributed by atoms with van der Waals surface area (Å²) in [5.74, 6) is 0. The summed E-state index contributed by atoms with van der Waals surface area (Å²) in [7, 11) is 0. The van der Waals surface area contributed by atoms with Crippen molar-refractivity contribution in [2.75, 3.05) is 0 Å². The lowest BCUT2D eigenvalue weighted by Gasteiger charge is -2.18. The number of rotatable bonds is 6. The lowest BCUT2D eigenvalue weighted by molar-refractivity contribution is 0.499. The van der Waals surface area contributed by atoms with E-state index in [0.717, 1.165) is 6.54 Å². The minimum atomic E-state index is 0.487.